The number of nitrogens with one attached hydrogen (secondary N) is 1. The summed E-state index contributed by atoms with van der Waals surface area (Å²) in [7, 11) is 0. The van der Waals surface area contributed by atoms with Crippen LogP contribution in [0, 0.1) is 35.0 Å². The van der Waals surface area contributed by atoms with Crippen molar-refractivity contribution >= 4 is 11.6 Å². The maximum Gasteiger partial charge on any atom is 0.227 e. The molecule has 3 N–H and O–H groups in total. The summed E-state index contributed by atoms with van der Waals surface area (Å²) in [6.07, 6.45) is 0.210. The molecule has 0 spiro atoms. The molecule has 0 saturated carbocycles. The van der Waals surface area contributed by atoms with Gasteiger partial charge in [0.05, 0.1) is 0 Å². The van der Waals surface area contributed by atoms with Gasteiger partial charge in [-0.15, -0.1) is 0 Å². The van der Waals surface area contributed by atoms with Crippen LogP contribution in [0.5, 0.6) is 0 Å². The van der Waals surface area contributed by atoms with Crippen LogP contribution in [0.3, 0.4) is 0 Å². The van der Waals surface area contributed by atoms with Gasteiger partial charge < -0.3 is 11.1 Å². The third-order valence-corrected chi connectivity index (χ3v) is 2.51. The van der Waals surface area contributed by atoms with Crippen molar-refractivity contribution in [3.8, 4) is 0 Å². The number of anilines is 1. The molecule has 3 nitrogen and oxygen atoms in total. The Kier molecular flexibility index (Phi) is 4.82. The van der Waals surface area contributed by atoms with E-state index in [0.29, 0.717) is 0 Å². The molecule has 19 heavy (non-hydrogen) atoms. The minimum Gasteiger partial charge on any atom is -0.330 e. The van der Waals surface area contributed by atoms with Crippen LogP contribution >= 0.6 is 0 Å². The van der Waals surface area contributed by atoms with E-state index in [0.717, 1.165) is 0 Å². The van der Waals surface area contributed by atoms with Crippen molar-refractivity contribution < 1.29 is 26.7 Å². The molecule has 0 fully saturated rings. The molecule has 8 heteroatoms. The Hall–Kier alpha value is -1.70. The van der Waals surface area contributed by atoms with Crippen LogP contribution < -0.4 is 11.1 Å². The van der Waals surface area contributed by atoms with Gasteiger partial charge in [-0.25, -0.2) is 22.0 Å². The summed E-state index contributed by atoms with van der Waals surface area (Å²) in [6.45, 7) is 1.56. The van der Waals surface area contributed by atoms with Crippen molar-refractivity contribution in [3.63, 3.8) is 0 Å². The molecule has 0 heterocycles. The number of hydrogen-bond acceptors (Lipinski definition) is 2. The Morgan fingerprint density at radius 3 is 1.89 bits per heavy atom. The van der Waals surface area contributed by atoms with Gasteiger partial charge in [-0.2, -0.15) is 0 Å². The van der Waals surface area contributed by atoms with Crippen LogP contribution in [0.25, 0.3) is 0 Å². The van der Waals surface area contributed by atoms with E-state index in [4.69, 9.17) is 5.73 Å². The third kappa shape index (κ3) is 3.01. The smallest absolute Gasteiger partial charge is 0.227 e. The Bertz CT molecular complexity index is 477. The van der Waals surface area contributed by atoms with Gasteiger partial charge in [0.25, 0.3) is 0 Å². The van der Waals surface area contributed by atoms with Crippen LogP contribution in [-0.4, -0.2) is 12.5 Å². The molecule has 1 atom stereocenters. The van der Waals surface area contributed by atoms with Gasteiger partial charge >= 0.3 is 0 Å². The summed E-state index contributed by atoms with van der Waals surface area (Å²) in [4.78, 5) is 11.5. The first-order valence-corrected chi connectivity index (χ1v) is 5.33. The molecule has 0 aliphatic carbocycles. The van der Waals surface area contributed by atoms with Gasteiger partial charge in [-0.05, 0) is 13.0 Å². The van der Waals surface area contributed by atoms with Crippen LogP contribution in [-0.2, 0) is 4.79 Å². The number of nitrogens with two attached hydrogens (primary N) is 1. The summed E-state index contributed by atoms with van der Waals surface area (Å²) < 4.78 is 65.0. The molecule has 1 unspecified atom stereocenters. The van der Waals surface area contributed by atoms with Crippen molar-refractivity contribution in [2.45, 2.75) is 13.3 Å². The van der Waals surface area contributed by atoms with Crippen molar-refractivity contribution in [2.24, 2.45) is 11.7 Å². The van der Waals surface area contributed by atoms with Crippen LogP contribution in [0.15, 0.2) is 0 Å². The number of amides is 1. The molecule has 0 aliphatic heterocycles. The normalized spacial score (nSPS) is 12.4. The van der Waals surface area contributed by atoms with Crippen molar-refractivity contribution in [3.05, 3.63) is 29.1 Å². The number of carbonyl (C=O) groups excluding carboxylic acids is 1. The minimum absolute atomic E-state index is 0.145. The molecule has 0 aliphatic rings. The lowest BCUT2D eigenvalue weighted by molar-refractivity contribution is -0.119. The van der Waals surface area contributed by atoms with Gasteiger partial charge in [0.2, 0.25) is 11.7 Å². The number of benzene rings is 1. The van der Waals surface area contributed by atoms with E-state index in [1.807, 2.05) is 0 Å². The summed E-state index contributed by atoms with van der Waals surface area (Å²) in [5.41, 5.74) is 3.83. The number of halogens is 5. The SMILES string of the molecule is CC(CCN)C(=O)Nc1c(F)c(F)c(F)c(F)c1F. The molecule has 1 rings (SSSR count). The predicted molar refractivity (Wildman–Crippen MR) is 57.7 cm³/mol. The number of rotatable bonds is 4. The molecule has 0 saturated heterocycles. The average Bonchev–Trinajstić information content (AvgIpc) is 2.39. The molecular formula is C11H11F5N2O. The minimum atomic E-state index is -2.27. The fourth-order valence-electron chi connectivity index (χ4n) is 1.34. The third-order valence-electron chi connectivity index (χ3n) is 2.51. The maximum atomic E-state index is 13.3. The zero-order valence-electron chi connectivity index (χ0n) is 9.87. The highest BCUT2D eigenvalue weighted by molar-refractivity contribution is 5.92. The number of hydrogen-bond donors (Lipinski definition) is 2. The predicted octanol–water partition coefficient (Wildman–Crippen LogP) is 2.31. The molecule has 106 valence electrons. The first kappa shape index (κ1) is 15.4. The van der Waals surface area contributed by atoms with Gasteiger partial charge in [-0.1, -0.05) is 6.92 Å². The zero-order valence-corrected chi connectivity index (χ0v) is 9.87. The second-order valence-corrected chi connectivity index (χ2v) is 3.91. The first-order chi connectivity index (χ1) is 8.81. The Balaban J connectivity index is 3.12. The molecule has 0 radical (unpaired) electrons. The van der Waals surface area contributed by atoms with Crippen LogP contribution in [0.1, 0.15) is 13.3 Å². The Morgan fingerprint density at radius 1 is 1.05 bits per heavy atom. The van der Waals surface area contributed by atoms with Gasteiger partial charge in [-0.3, -0.25) is 4.79 Å². The fraction of sp³-hybridized carbons (Fsp3) is 0.364. The van der Waals surface area contributed by atoms with E-state index in [-0.39, 0.29) is 13.0 Å². The summed E-state index contributed by atoms with van der Waals surface area (Å²) in [5, 5.41) is 1.68. The standard InChI is InChI=1S/C11H11F5N2O/c1-4(2-3-17)11(19)18-10-8(15)6(13)5(12)7(14)9(10)16/h4H,2-3,17H2,1H3,(H,18,19). The quantitative estimate of drug-likeness (QED) is 0.506. The Labute approximate surface area is 105 Å². The molecule has 1 aromatic carbocycles. The highest BCUT2D eigenvalue weighted by Gasteiger charge is 2.27. The second-order valence-electron chi connectivity index (χ2n) is 3.91. The monoisotopic (exact) mass is 282 g/mol. The second kappa shape index (κ2) is 5.96. The average molecular weight is 282 g/mol. The van der Waals surface area contributed by atoms with E-state index >= 15 is 0 Å². The molecule has 0 aromatic heterocycles. The molecular weight excluding hydrogens is 271 g/mol. The van der Waals surface area contributed by atoms with Crippen LogP contribution in [0.4, 0.5) is 27.6 Å². The van der Waals surface area contributed by atoms with Gasteiger partial charge in [0.15, 0.2) is 23.3 Å². The fourth-order valence-corrected chi connectivity index (χ4v) is 1.34. The maximum absolute atomic E-state index is 13.3. The molecule has 1 aromatic rings. The lowest BCUT2D eigenvalue weighted by atomic mass is 10.1. The van der Waals surface area contributed by atoms with E-state index in [1.54, 1.807) is 5.32 Å². The lowest BCUT2D eigenvalue weighted by Crippen LogP contribution is -2.24. The lowest BCUT2D eigenvalue weighted by Gasteiger charge is -2.13. The summed E-state index contributed by atoms with van der Waals surface area (Å²) >= 11 is 0. The summed E-state index contributed by atoms with van der Waals surface area (Å²) in [5.74, 6) is -12.3. The van der Waals surface area contributed by atoms with E-state index < -0.39 is 46.6 Å². The highest BCUT2D eigenvalue weighted by atomic mass is 19.2. The topological polar surface area (TPSA) is 55.1 Å². The summed E-state index contributed by atoms with van der Waals surface area (Å²) in [6, 6.07) is 0. The largest absolute Gasteiger partial charge is 0.330 e. The van der Waals surface area contributed by atoms with Gasteiger partial charge in [0, 0.05) is 5.92 Å². The highest BCUT2D eigenvalue weighted by Crippen LogP contribution is 2.27. The van der Waals surface area contributed by atoms with Crippen molar-refractivity contribution in [1.82, 2.24) is 0 Å². The van der Waals surface area contributed by atoms with Crippen molar-refractivity contribution in [2.75, 3.05) is 11.9 Å². The van der Waals surface area contributed by atoms with Crippen LogP contribution in [0.2, 0.25) is 0 Å². The van der Waals surface area contributed by atoms with E-state index in [1.165, 1.54) is 6.92 Å². The van der Waals surface area contributed by atoms with E-state index in [9.17, 15) is 26.7 Å². The zero-order chi connectivity index (χ0) is 14.7. The first-order valence-electron chi connectivity index (χ1n) is 5.33. The van der Waals surface area contributed by atoms with Gasteiger partial charge in [0.1, 0.15) is 5.69 Å². The number of carbonyl (C=O) groups is 1. The molecule has 0 bridgehead atoms. The van der Waals surface area contributed by atoms with Crippen molar-refractivity contribution in [1.29, 1.82) is 0 Å². The Morgan fingerprint density at radius 2 is 1.47 bits per heavy atom. The molecule has 1 amide bonds. The van der Waals surface area contributed by atoms with E-state index in [2.05, 4.69) is 0 Å².